The Kier molecular flexibility index (Phi) is 9.59. The summed E-state index contributed by atoms with van der Waals surface area (Å²) >= 11 is 0. The summed E-state index contributed by atoms with van der Waals surface area (Å²) in [5.41, 5.74) is 0.0257. The molecule has 3 aliphatic rings. The van der Waals surface area contributed by atoms with Crippen LogP contribution >= 0.6 is 24.0 Å². The summed E-state index contributed by atoms with van der Waals surface area (Å²) in [4.78, 5) is 36.1. The number of aliphatic imine (C=N–C) groups is 1. The first kappa shape index (κ1) is 26.0. The molecule has 1 amide bonds. The van der Waals surface area contributed by atoms with Crippen molar-refractivity contribution in [2.75, 3.05) is 52.9 Å². The number of piperazine rings is 1. The van der Waals surface area contributed by atoms with E-state index in [1.165, 1.54) is 0 Å². The lowest BCUT2D eigenvalue weighted by Gasteiger charge is -2.39. The van der Waals surface area contributed by atoms with Crippen molar-refractivity contribution in [1.82, 2.24) is 34.4 Å². The van der Waals surface area contributed by atoms with Crippen molar-refractivity contribution >= 4 is 35.8 Å². The number of likely N-dealkylation sites (tertiary alicyclic amines) is 1. The molecule has 3 aliphatic heterocycles. The van der Waals surface area contributed by atoms with Crippen LogP contribution in [0.5, 0.6) is 0 Å². The van der Waals surface area contributed by atoms with Crippen LogP contribution in [0, 0.1) is 0 Å². The Morgan fingerprint density at radius 1 is 1.03 bits per heavy atom. The fourth-order valence-electron chi connectivity index (χ4n) is 5.03. The molecule has 1 unspecified atom stereocenters. The topological polar surface area (TPSA) is 91.0 Å². The average molecular weight is 575 g/mol. The molecule has 33 heavy (non-hydrogen) atoms. The van der Waals surface area contributed by atoms with Gasteiger partial charge in [0, 0.05) is 72.4 Å². The molecular weight excluding hydrogens is 535 g/mol. The molecule has 0 aromatic carbocycles. The van der Waals surface area contributed by atoms with E-state index in [0.29, 0.717) is 6.54 Å². The van der Waals surface area contributed by atoms with Crippen LogP contribution in [0.3, 0.4) is 0 Å². The molecule has 0 spiro atoms. The summed E-state index contributed by atoms with van der Waals surface area (Å²) in [6.07, 6.45) is 6.16. The molecule has 1 atom stereocenters. The number of amides is 1. The summed E-state index contributed by atoms with van der Waals surface area (Å²) in [6, 6.07) is -0.0516. The van der Waals surface area contributed by atoms with Gasteiger partial charge in [-0.05, 0) is 39.0 Å². The Labute approximate surface area is 213 Å². The van der Waals surface area contributed by atoms with Crippen LogP contribution in [0.4, 0.5) is 0 Å². The highest BCUT2D eigenvalue weighted by Gasteiger charge is 2.30. The first-order chi connectivity index (χ1) is 15.6. The van der Waals surface area contributed by atoms with Gasteiger partial charge in [0.1, 0.15) is 5.82 Å². The number of carbonyl (C=O) groups excluding carboxylic acids is 1. The summed E-state index contributed by atoms with van der Waals surface area (Å²) < 4.78 is 3.44. The lowest BCUT2D eigenvalue weighted by atomic mass is 10.2. The number of fused-ring (bicyclic) bond motifs is 1. The van der Waals surface area contributed by atoms with Crippen molar-refractivity contribution in [1.29, 1.82) is 0 Å². The van der Waals surface area contributed by atoms with Gasteiger partial charge in [0.05, 0.1) is 6.04 Å². The normalized spacial score (nSPS) is 20.4. The highest BCUT2D eigenvalue weighted by atomic mass is 127. The fourth-order valence-corrected chi connectivity index (χ4v) is 5.03. The lowest BCUT2D eigenvalue weighted by Crippen LogP contribution is -2.57. The van der Waals surface area contributed by atoms with Gasteiger partial charge in [0.2, 0.25) is 5.91 Å². The van der Waals surface area contributed by atoms with E-state index in [0.717, 1.165) is 103 Å². The van der Waals surface area contributed by atoms with Gasteiger partial charge in [-0.25, -0.2) is 9.48 Å². The first-order valence-corrected chi connectivity index (χ1v) is 12.2. The number of halogens is 1. The van der Waals surface area contributed by atoms with Crippen LogP contribution in [0.2, 0.25) is 0 Å². The SMILES string of the molecule is CN=C(NCCCn1nc2n(c1=O)CCCC2)N1CCN(C(C)C(=O)N2CCCC2)CC1.I. The summed E-state index contributed by atoms with van der Waals surface area (Å²) in [5.74, 6) is 2.09. The van der Waals surface area contributed by atoms with E-state index in [-0.39, 0.29) is 41.6 Å². The van der Waals surface area contributed by atoms with Gasteiger partial charge >= 0.3 is 5.69 Å². The van der Waals surface area contributed by atoms with Crippen molar-refractivity contribution in [3.63, 3.8) is 0 Å². The second-order valence-corrected chi connectivity index (χ2v) is 9.09. The van der Waals surface area contributed by atoms with Gasteiger partial charge in [-0.1, -0.05) is 0 Å². The van der Waals surface area contributed by atoms with E-state index in [1.54, 1.807) is 4.68 Å². The number of aryl methyl sites for hydroxylation is 2. The highest BCUT2D eigenvalue weighted by molar-refractivity contribution is 14.0. The third-order valence-electron chi connectivity index (χ3n) is 7.01. The van der Waals surface area contributed by atoms with Crippen molar-refractivity contribution in [3.8, 4) is 0 Å². The summed E-state index contributed by atoms with van der Waals surface area (Å²) in [6.45, 7) is 9.44. The quantitative estimate of drug-likeness (QED) is 0.232. The molecule has 0 radical (unpaired) electrons. The molecule has 1 N–H and O–H groups in total. The molecule has 1 aromatic heterocycles. The average Bonchev–Trinajstić information content (AvgIpc) is 3.47. The number of guanidine groups is 1. The number of hydrogen-bond donors (Lipinski definition) is 1. The zero-order valence-electron chi connectivity index (χ0n) is 20.0. The van der Waals surface area contributed by atoms with Crippen LogP contribution in [-0.4, -0.2) is 99.8 Å². The summed E-state index contributed by atoms with van der Waals surface area (Å²) in [7, 11) is 1.81. The fraction of sp³-hybridized carbons (Fsp3) is 0.818. The highest BCUT2D eigenvalue weighted by Crippen LogP contribution is 2.14. The van der Waals surface area contributed by atoms with Crippen molar-refractivity contribution in [3.05, 3.63) is 16.3 Å². The molecular formula is C22H39IN8O2. The summed E-state index contributed by atoms with van der Waals surface area (Å²) in [5, 5.41) is 7.94. The largest absolute Gasteiger partial charge is 0.356 e. The number of nitrogens with one attached hydrogen (secondary N) is 1. The molecule has 4 heterocycles. The molecule has 4 rings (SSSR count). The Hall–Kier alpha value is -1.63. The third kappa shape index (κ3) is 6.09. The Balaban J connectivity index is 0.00000306. The maximum absolute atomic E-state index is 12.7. The standard InChI is InChI=1S/C22H38N8O2.HI/c1-18(20(31)27-10-5-6-11-27)26-14-16-28(17-15-26)21(23-2)24-9-7-13-30-22(32)29-12-4-3-8-19(29)25-30;/h18H,3-17H2,1-2H3,(H,23,24);1H. The number of rotatable bonds is 6. The second-order valence-electron chi connectivity index (χ2n) is 9.09. The van der Waals surface area contributed by atoms with Crippen molar-refractivity contribution < 1.29 is 4.79 Å². The van der Waals surface area contributed by atoms with Gasteiger partial charge in [0.25, 0.3) is 0 Å². The smallest absolute Gasteiger partial charge is 0.345 e. The third-order valence-corrected chi connectivity index (χ3v) is 7.01. The molecule has 0 bridgehead atoms. The molecule has 11 heteroatoms. The van der Waals surface area contributed by atoms with Crippen LogP contribution in [0.1, 0.15) is 44.9 Å². The van der Waals surface area contributed by atoms with Crippen LogP contribution in [-0.2, 0) is 24.3 Å². The first-order valence-electron chi connectivity index (χ1n) is 12.2. The van der Waals surface area contributed by atoms with E-state index in [1.807, 2.05) is 23.4 Å². The predicted octanol–water partition coefficient (Wildman–Crippen LogP) is 0.593. The monoisotopic (exact) mass is 574 g/mol. The van der Waals surface area contributed by atoms with Crippen molar-refractivity contribution in [2.24, 2.45) is 4.99 Å². The van der Waals surface area contributed by atoms with Gasteiger partial charge in [-0.15, -0.1) is 24.0 Å². The van der Waals surface area contributed by atoms with E-state index in [2.05, 4.69) is 25.2 Å². The van der Waals surface area contributed by atoms with Crippen LogP contribution < -0.4 is 11.0 Å². The molecule has 1 aromatic rings. The minimum atomic E-state index is -0.0516. The number of hydrogen-bond acceptors (Lipinski definition) is 5. The predicted molar refractivity (Wildman–Crippen MR) is 139 cm³/mol. The maximum atomic E-state index is 12.7. The second kappa shape index (κ2) is 12.2. The Morgan fingerprint density at radius 2 is 1.73 bits per heavy atom. The maximum Gasteiger partial charge on any atom is 0.345 e. The molecule has 2 fully saturated rings. The molecule has 10 nitrogen and oxygen atoms in total. The minimum Gasteiger partial charge on any atom is -0.356 e. The van der Waals surface area contributed by atoms with Crippen molar-refractivity contribution in [2.45, 2.75) is 64.6 Å². The van der Waals surface area contributed by atoms with E-state index < -0.39 is 0 Å². The van der Waals surface area contributed by atoms with E-state index in [9.17, 15) is 9.59 Å². The Morgan fingerprint density at radius 3 is 2.39 bits per heavy atom. The van der Waals surface area contributed by atoms with Crippen LogP contribution in [0.15, 0.2) is 9.79 Å². The van der Waals surface area contributed by atoms with E-state index in [4.69, 9.17) is 0 Å². The Bertz CT molecular complexity index is 868. The zero-order chi connectivity index (χ0) is 22.5. The zero-order valence-corrected chi connectivity index (χ0v) is 22.4. The van der Waals surface area contributed by atoms with E-state index >= 15 is 0 Å². The minimum absolute atomic E-state index is 0. The van der Waals surface area contributed by atoms with Gasteiger partial charge in [-0.2, -0.15) is 5.10 Å². The van der Waals surface area contributed by atoms with Gasteiger partial charge in [0.15, 0.2) is 5.96 Å². The molecule has 0 aliphatic carbocycles. The number of nitrogens with zero attached hydrogens (tertiary/aromatic N) is 7. The van der Waals surface area contributed by atoms with Gasteiger partial charge < -0.3 is 15.1 Å². The lowest BCUT2D eigenvalue weighted by molar-refractivity contribution is -0.135. The molecule has 2 saturated heterocycles. The number of aromatic nitrogens is 3. The number of carbonyl (C=O) groups is 1. The van der Waals surface area contributed by atoms with Crippen LogP contribution in [0.25, 0.3) is 0 Å². The van der Waals surface area contributed by atoms with Gasteiger partial charge in [-0.3, -0.25) is 19.3 Å². The molecule has 0 saturated carbocycles. The molecule has 186 valence electrons.